The molecule has 0 aliphatic rings. The Morgan fingerprint density at radius 2 is 0.709 bits per heavy atom. The summed E-state index contributed by atoms with van der Waals surface area (Å²) in [6, 6.07) is 37.6. The van der Waals surface area contributed by atoms with E-state index in [-0.39, 0.29) is 44.1 Å². The molecule has 0 aromatic heterocycles. The molecule has 0 aliphatic carbocycles. The Labute approximate surface area is 521 Å². The Morgan fingerprint density at radius 1 is 0.326 bits per heavy atom. The summed E-state index contributed by atoms with van der Waals surface area (Å²) < 4.78 is 120. The number of benzene rings is 7. The van der Waals surface area contributed by atoms with Crippen LogP contribution < -0.4 is 4.74 Å². The van der Waals surface area contributed by atoms with Gasteiger partial charge >= 0.3 is 6.18 Å². The minimum Gasteiger partial charge on any atom is -0.496 e. The van der Waals surface area contributed by atoms with Crippen LogP contribution in [0.2, 0.25) is 10.0 Å². The number of hydrogen-bond donors (Lipinski definition) is 0. The van der Waals surface area contributed by atoms with Gasteiger partial charge in [0, 0.05) is 6.07 Å². The molecule has 1 nitrogen and oxygen atoms in total. The predicted octanol–water partition coefficient (Wildman–Crippen LogP) is 24.7. The van der Waals surface area contributed by atoms with E-state index in [0.717, 1.165) is 41.6 Å². The fourth-order valence-corrected chi connectivity index (χ4v) is 9.13. The number of rotatable bonds is 1. The average Bonchev–Trinajstić information content (AvgIpc) is 2.19. The third-order valence-electron chi connectivity index (χ3n) is 13.4. The summed E-state index contributed by atoms with van der Waals surface area (Å²) in [7, 11) is 1.71. The highest BCUT2D eigenvalue weighted by atomic mass is 35.5. The Balaban J connectivity index is 0.000000502. The summed E-state index contributed by atoms with van der Waals surface area (Å²) >= 11 is 11.9. The van der Waals surface area contributed by atoms with Crippen molar-refractivity contribution in [3.05, 3.63) is 240 Å². The first kappa shape index (κ1) is 78.3. The molecule has 0 spiro atoms. The lowest BCUT2D eigenvalue weighted by Crippen LogP contribution is -2.19. The SMILES string of the molecule is CC(C)(C)c1cc(F)ccc1F.CC(C)(C)c1ccc(F)cc1F.CC(C)(C)c1cccc(Cl)c1Cl.CC(C)(C)c1cccc(F)c1F.CC(C)(C)c1ccccc1C(F)(F)F.COc1ccccc1C(C)(C)C.Cc1cccc(C(C)(C)C)c1C. The second-order valence-electron chi connectivity index (χ2n) is 28.2. The van der Waals surface area contributed by atoms with Crippen molar-refractivity contribution in [3.8, 4) is 5.75 Å². The first-order chi connectivity index (χ1) is 38.9. The Bertz CT molecular complexity index is 3020. The molecule has 0 saturated carbocycles. The van der Waals surface area contributed by atoms with Gasteiger partial charge < -0.3 is 4.74 Å². The van der Waals surface area contributed by atoms with Crippen molar-refractivity contribution in [1.29, 1.82) is 0 Å². The van der Waals surface area contributed by atoms with E-state index in [0.29, 0.717) is 32.3 Å². The quantitative estimate of drug-likeness (QED) is 0.149. The zero-order chi connectivity index (χ0) is 66.9. The van der Waals surface area contributed by atoms with Crippen LogP contribution >= 0.6 is 23.2 Å². The number of ether oxygens (including phenoxy) is 1. The Morgan fingerprint density at radius 3 is 1.09 bits per heavy atom. The van der Waals surface area contributed by atoms with Gasteiger partial charge in [0.15, 0.2) is 11.6 Å². The molecule has 0 heterocycles. The van der Waals surface area contributed by atoms with E-state index < -0.39 is 40.4 Å². The molecule has 86 heavy (non-hydrogen) atoms. The number of hydrogen-bond acceptors (Lipinski definition) is 1. The molecule has 7 aromatic rings. The topological polar surface area (TPSA) is 9.23 Å². The normalized spacial score (nSPS) is 11.9. The number of alkyl halides is 3. The fraction of sp³-hybridized carbons (Fsp3) is 0.432. The van der Waals surface area contributed by atoms with Gasteiger partial charge in [0.2, 0.25) is 0 Å². The molecule has 0 bridgehead atoms. The minimum absolute atomic E-state index is 0.0575. The predicted molar refractivity (Wildman–Crippen MR) is 347 cm³/mol. The van der Waals surface area contributed by atoms with Gasteiger partial charge in [0.05, 0.1) is 22.7 Å². The summed E-state index contributed by atoms with van der Waals surface area (Å²) in [4.78, 5) is 0. The highest BCUT2D eigenvalue weighted by molar-refractivity contribution is 6.42. The standard InChI is InChI=1S/C12H18.C11H13F3.C11H16O.C10H12Cl2.3C10H12F2/c1-9-7-6-8-11(10(9)2)12(3,4)5;1-10(2,3)8-6-4-5-7-9(8)11(12,13)14;1-11(2,3)9-7-5-6-8-10(9)12-4;1-10(2,3)7-5-4-6-8(11)9(7)12;1-10(2,3)8-6-7(11)4-5-9(8)12;1-10(2,3)8-5-4-7(11)6-9(8)12;1-10(2,3)7-5-4-6-8(11)9(7)12/h6-8H,1-5H3;4-7H,1-3H3;5-8H,1-4H3;4*4-6H,1-3H3. The molecule has 0 radical (unpaired) electrons. The van der Waals surface area contributed by atoms with Gasteiger partial charge in [-0.1, -0.05) is 254 Å². The van der Waals surface area contributed by atoms with Gasteiger partial charge in [-0.15, -0.1) is 0 Å². The summed E-state index contributed by atoms with van der Waals surface area (Å²) in [6.45, 7) is 46.2. The summed E-state index contributed by atoms with van der Waals surface area (Å²) in [5, 5.41) is 1.30. The molecule has 0 N–H and O–H groups in total. The van der Waals surface area contributed by atoms with Gasteiger partial charge in [-0.3, -0.25) is 0 Å². The van der Waals surface area contributed by atoms with Crippen LogP contribution in [0.5, 0.6) is 5.75 Å². The van der Waals surface area contributed by atoms with Crippen LogP contribution in [0.25, 0.3) is 0 Å². The lowest BCUT2D eigenvalue weighted by molar-refractivity contribution is -0.138. The van der Waals surface area contributed by atoms with E-state index in [2.05, 4.69) is 100 Å². The fourth-order valence-electron chi connectivity index (χ4n) is 8.55. The summed E-state index contributed by atoms with van der Waals surface area (Å²) in [6.07, 6.45) is -4.26. The number of halogens is 11. The molecular formula is C74H95Cl2F9O. The van der Waals surface area contributed by atoms with Crippen molar-refractivity contribution in [2.75, 3.05) is 7.11 Å². The third kappa shape index (κ3) is 25.9. The zero-order valence-corrected chi connectivity index (χ0v) is 56.9. The van der Waals surface area contributed by atoms with Crippen molar-refractivity contribution in [1.82, 2.24) is 0 Å². The maximum absolute atomic E-state index is 13.1. The highest BCUT2D eigenvalue weighted by Crippen LogP contribution is 2.38. The van der Waals surface area contributed by atoms with E-state index >= 15 is 0 Å². The van der Waals surface area contributed by atoms with Gasteiger partial charge in [-0.25, -0.2) is 26.3 Å². The van der Waals surface area contributed by atoms with Crippen LogP contribution in [0.15, 0.2) is 140 Å². The van der Waals surface area contributed by atoms with E-state index in [1.165, 1.54) is 58.7 Å². The van der Waals surface area contributed by atoms with Crippen molar-refractivity contribution in [3.63, 3.8) is 0 Å². The van der Waals surface area contributed by atoms with Gasteiger partial charge in [-0.2, -0.15) is 13.2 Å². The van der Waals surface area contributed by atoms with Gasteiger partial charge in [-0.05, 0) is 150 Å². The van der Waals surface area contributed by atoms with Crippen molar-refractivity contribution in [2.45, 2.75) is 203 Å². The van der Waals surface area contributed by atoms with Crippen molar-refractivity contribution in [2.24, 2.45) is 0 Å². The summed E-state index contributed by atoms with van der Waals surface area (Å²) in [5.41, 5.74) is 6.89. The van der Waals surface area contributed by atoms with Gasteiger partial charge in [0.1, 0.15) is 29.0 Å². The van der Waals surface area contributed by atoms with Crippen LogP contribution in [-0.2, 0) is 44.1 Å². The lowest BCUT2D eigenvalue weighted by Gasteiger charge is -2.23. The molecule has 0 fully saturated rings. The maximum atomic E-state index is 13.1. The second kappa shape index (κ2) is 32.0. The molecule has 0 saturated heterocycles. The number of aryl methyl sites for hydroxylation is 1. The van der Waals surface area contributed by atoms with Crippen LogP contribution in [0.3, 0.4) is 0 Å². The van der Waals surface area contributed by atoms with Crippen molar-refractivity contribution < 1.29 is 44.3 Å². The van der Waals surface area contributed by atoms with Crippen LogP contribution in [-0.4, -0.2) is 7.11 Å². The van der Waals surface area contributed by atoms with E-state index in [1.54, 1.807) is 46.1 Å². The monoisotopic (exact) mass is 1240 g/mol. The van der Waals surface area contributed by atoms with Crippen molar-refractivity contribution >= 4 is 23.2 Å². The average molecular weight is 1240 g/mol. The van der Waals surface area contributed by atoms with E-state index in [4.69, 9.17) is 27.9 Å². The molecule has 0 aliphatic heterocycles. The molecular weight excluding hydrogens is 1150 g/mol. The maximum Gasteiger partial charge on any atom is 0.416 e. The minimum atomic E-state index is -4.26. The van der Waals surface area contributed by atoms with Crippen LogP contribution in [0.4, 0.5) is 39.5 Å². The molecule has 12 heteroatoms. The number of para-hydroxylation sites is 1. The Hall–Kier alpha value is -5.71. The first-order valence-corrected chi connectivity index (χ1v) is 29.3. The first-order valence-electron chi connectivity index (χ1n) is 28.6. The smallest absolute Gasteiger partial charge is 0.416 e. The molecule has 474 valence electrons. The number of methoxy groups -OCH3 is 1. The highest BCUT2D eigenvalue weighted by Gasteiger charge is 2.36. The molecule has 7 aromatic carbocycles. The second-order valence-corrected chi connectivity index (χ2v) is 29.0. The molecule has 0 amide bonds. The van der Waals surface area contributed by atoms with E-state index in [9.17, 15) is 39.5 Å². The Kier molecular flexibility index (Phi) is 29.1. The van der Waals surface area contributed by atoms with Crippen LogP contribution in [0, 0.1) is 48.8 Å². The summed E-state index contributed by atoms with van der Waals surface area (Å²) in [5.74, 6) is -2.26. The largest absolute Gasteiger partial charge is 0.496 e. The third-order valence-corrected chi connectivity index (χ3v) is 14.2. The van der Waals surface area contributed by atoms with E-state index in [1.807, 2.05) is 92.6 Å². The van der Waals surface area contributed by atoms with Crippen LogP contribution in [0.1, 0.15) is 201 Å². The lowest BCUT2D eigenvalue weighted by atomic mass is 9.83. The zero-order valence-electron chi connectivity index (χ0n) is 55.3. The molecule has 7 rings (SSSR count). The van der Waals surface area contributed by atoms with Gasteiger partial charge in [0.25, 0.3) is 0 Å². The molecule has 0 unspecified atom stereocenters. The molecule has 0 atom stereocenters.